The summed E-state index contributed by atoms with van der Waals surface area (Å²) in [5.74, 6) is -0.105. The lowest BCUT2D eigenvalue weighted by molar-refractivity contribution is 0.0947. The van der Waals surface area contributed by atoms with Crippen LogP contribution in [0.2, 0.25) is 0 Å². The maximum Gasteiger partial charge on any atom is 0.269 e. The highest BCUT2D eigenvalue weighted by molar-refractivity contribution is 5.92. The third-order valence-electron chi connectivity index (χ3n) is 3.17. The second-order valence-electron chi connectivity index (χ2n) is 5.48. The second-order valence-corrected chi connectivity index (χ2v) is 5.48. The first-order chi connectivity index (χ1) is 10.1. The van der Waals surface area contributed by atoms with E-state index in [1.807, 2.05) is 20.2 Å². The summed E-state index contributed by atoms with van der Waals surface area (Å²) in [5, 5.41) is 6.20. The maximum atomic E-state index is 11.9. The van der Waals surface area contributed by atoms with Crippen molar-refractivity contribution >= 4 is 11.6 Å². The van der Waals surface area contributed by atoms with Gasteiger partial charge < -0.3 is 15.5 Å². The molecule has 0 aliphatic carbocycles. The lowest BCUT2D eigenvalue weighted by Crippen LogP contribution is -2.27. The maximum absolute atomic E-state index is 11.9. The molecule has 1 amide bonds. The normalized spacial score (nSPS) is 10.7. The predicted octanol–water partition coefficient (Wildman–Crippen LogP) is 2.37. The highest BCUT2D eigenvalue weighted by Crippen LogP contribution is 2.07. The summed E-state index contributed by atoms with van der Waals surface area (Å²) in [7, 11) is 4.05. The highest BCUT2D eigenvalue weighted by Gasteiger charge is 2.06. The number of hydrogen-bond donors (Lipinski definition) is 2. The number of carbonyl (C=O) groups excluding carboxylic acids is 1. The van der Waals surface area contributed by atoms with Gasteiger partial charge in [0.1, 0.15) is 5.69 Å². The van der Waals surface area contributed by atoms with Crippen molar-refractivity contribution in [2.24, 2.45) is 0 Å². The number of anilines is 1. The van der Waals surface area contributed by atoms with Crippen LogP contribution in [0.4, 0.5) is 5.69 Å². The van der Waals surface area contributed by atoms with Crippen LogP contribution >= 0.6 is 0 Å². The van der Waals surface area contributed by atoms with Crippen LogP contribution in [-0.4, -0.2) is 49.5 Å². The van der Waals surface area contributed by atoms with E-state index in [1.165, 1.54) is 12.8 Å². The molecule has 0 atom stereocenters. The summed E-state index contributed by atoms with van der Waals surface area (Å²) in [6.45, 7) is 4.78. The fourth-order valence-electron chi connectivity index (χ4n) is 1.93. The Balaban J connectivity index is 2.30. The summed E-state index contributed by atoms with van der Waals surface area (Å²) >= 11 is 0. The third-order valence-corrected chi connectivity index (χ3v) is 3.17. The van der Waals surface area contributed by atoms with E-state index in [1.54, 1.807) is 12.3 Å². The second kappa shape index (κ2) is 10.2. The van der Waals surface area contributed by atoms with E-state index < -0.39 is 0 Å². The van der Waals surface area contributed by atoms with Crippen LogP contribution in [0.15, 0.2) is 18.3 Å². The molecule has 0 saturated heterocycles. The topological polar surface area (TPSA) is 57.3 Å². The van der Waals surface area contributed by atoms with Crippen LogP contribution < -0.4 is 10.6 Å². The van der Waals surface area contributed by atoms with Gasteiger partial charge in [-0.1, -0.05) is 19.8 Å². The molecule has 0 bridgehead atoms. The van der Waals surface area contributed by atoms with Gasteiger partial charge >= 0.3 is 0 Å². The van der Waals surface area contributed by atoms with Crippen molar-refractivity contribution in [1.82, 2.24) is 15.2 Å². The van der Waals surface area contributed by atoms with Gasteiger partial charge in [0.25, 0.3) is 5.91 Å². The Morgan fingerprint density at radius 2 is 2.00 bits per heavy atom. The van der Waals surface area contributed by atoms with E-state index in [0.717, 1.165) is 31.6 Å². The molecular weight excluding hydrogens is 264 g/mol. The van der Waals surface area contributed by atoms with Crippen molar-refractivity contribution in [1.29, 1.82) is 0 Å². The number of nitrogens with zero attached hydrogens (tertiary/aromatic N) is 2. The van der Waals surface area contributed by atoms with Crippen LogP contribution in [0.5, 0.6) is 0 Å². The Bertz CT molecular complexity index is 403. The molecule has 0 spiro atoms. The predicted molar refractivity (Wildman–Crippen MR) is 87.8 cm³/mol. The quantitative estimate of drug-likeness (QED) is 0.650. The van der Waals surface area contributed by atoms with Gasteiger partial charge in [0.05, 0.1) is 11.9 Å². The van der Waals surface area contributed by atoms with Crippen LogP contribution in [0.25, 0.3) is 0 Å². The Labute approximate surface area is 128 Å². The van der Waals surface area contributed by atoms with Gasteiger partial charge in [0.15, 0.2) is 0 Å². The number of hydrogen-bond acceptors (Lipinski definition) is 4. The van der Waals surface area contributed by atoms with Gasteiger partial charge in [-0.15, -0.1) is 0 Å². The van der Waals surface area contributed by atoms with Gasteiger partial charge in [-0.3, -0.25) is 4.79 Å². The molecule has 0 saturated carbocycles. The minimum absolute atomic E-state index is 0.105. The molecule has 1 aromatic rings. The molecule has 5 nitrogen and oxygen atoms in total. The van der Waals surface area contributed by atoms with Gasteiger partial charge in [-0.05, 0) is 45.6 Å². The summed E-state index contributed by atoms with van der Waals surface area (Å²) < 4.78 is 0. The zero-order chi connectivity index (χ0) is 15.5. The van der Waals surface area contributed by atoms with Crippen LogP contribution in [0.1, 0.15) is 43.1 Å². The fourth-order valence-corrected chi connectivity index (χ4v) is 1.93. The fraction of sp³-hybridized carbons (Fsp3) is 0.625. The Hall–Kier alpha value is -1.62. The average molecular weight is 292 g/mol. The van der Waals surface area contributed by atoms with Gasteiger partial charge in [0, 0.05) is 13.1 Å². The Kier molecular flexibility index (Phi) is 8.43. The number of aromatic nitrogens is 1. The Morgan fingerprint density at radius 1 is 1.19 bits per heavy atom. The van der Waals surface area contributed by atoms with Gasteiger partial charge in [-0.25, -0.2) is 4.98 Å². The van der Waals surface area contributed by atoms with E-state index in [4.69, 9.17) is 0 Å². The van der Waals surface area contributed by atoms with Gasteiger partial charge in [-0.2, -0.15) is 0 Å². The molecular formula is C16H28N4O. The van der Waals surface area contributed by atoms with Crippen molar-refractivity contribution in [3.8, 4) is 0 Å². The van der Waals surface area contributed by atoms with Crippen LogP contribution in [0, 0.1) is 0 Å². The number of amides is 1. The van der Waals surface area contributed by atoms with Crippen molar-refractivity contribution < 1.29 is 4.79 Å². The summed E-state index contributed by atoms with van der Waals surface area (Å²) in [6.07, 6.45) is 6.27. The molecule has 118 valence electrons. The van der Waals surface area contributed by atoms with Crippen molar-refractivity contribution in [2.45, 2.75) is 32.6 Å². The number of unbranched alkanes of at least 4 members (excludes halogenated alkanes) is 2. The van der Waals surface area contributed by atoms with Gasteiger partial charge in [0.2, 0.25) is 0 Å². The Morgan fingerprint density at radius 3 is 2.62 bits per heavy atom. The lowest BCUT2D eigenvalue weighted by atomic mass is 10.2. The largest absolute Gasteiger partial charge is 0.384 e. The first kappa shape index (κ1) is 17.4. The summed E-state index contributed by atoms with van der Waals surface area (Å²) in [5.41, 5.74) is 1.44. The third kappa shape index (κ3) is 7.66. The van der Waals surface area contributed by atoms with Crippen LogP contribution in [0.3, 0.4) is 0 Å². The number of rotatable bonds is 10. The molecule has 1 rings (SSSR count). The molecule has 1 aromatic heterocycles. The average Bonchev–Trinajstić information content (AvgIpc) is 2.48. The standard InChI is InChI=1S/C16H28N4O/c1-4-5-6-10-17-14-8-9-15(19-13-14)16(21)18-11-7-12-20(2)3/h8-9,13,17H,4-7,10-12H2,1-3H3,(H,18,21). The molecule has 2 N–H and O–H groups in total. The lowest BCUT2D eigenvalue weighted by Gasteiger charge is -2.10. The van der Waals surface area contributed by atoms with Crippen molar-refractivity contribution in [2.75, 3.05) is 39.0 Å². The molecule has 21 heavy (non-hydrogen) atoms. The summed E-state index contributed by atoms with van der Waals surface area (Å²) in [6, 6.07) is 3.68. The number of carbonyl (C=O) groups is 1. The molecule has 1 heterocycles. The smallest absolute Gasteiger partial charge is 0.269 e. The van der Waals surface area contributed by atoms with Crippen molar-refractivity contribution in [3.05, 3.63) is 24.0 Å². The van der Waals surface area contributed by atoms with E-state index in [9.17, 15) is 4.79 Å². The molecule has 5 heteroatoms. The monoisotopic (exact) mass is 292 g/mol. The first-order valence-corrected chi connectivity index (χ1v) is 7.76. The molecule has 0 fully saturated rings. The minimum atomic E-state index is -0.105. The number of pyridine rings is 1. The van der Waals surface area contributed by atoms with Crippen molar-refractivity contribution in [3.63, 3.8) is 0 Å². The minimum Gasteiger partial charge on any atom is -0.384 e. The zero-order valence-corrected chi connectivity index (χ0v) is 13.5. The summed E-state index contributed by atoms with van der Waals surface area (Å²) in [4.78, 5) is 18.2. The first-order valence-electron chi connectivity index (χ1n) is 7.76. The van der Waals surface area contributed by atoms with Crippen LogP contribution in [-0.2, 0) is 0 Å². The molecule has 0 radical (unpaired) electrons. The molecule has 0 aromatic carbocycles. The molecule has 0 aliphatic heterocycles. The SMILES string of the molecule is CCCCCNc1ccc(C(=O)NCCCN(C)C)nc1. The van der Waals surface area contributed by atoms with E-state index >= 15 is 0 Å². The molecule has 0 aliphatic rings. The highest BCUT2D eigenvalue weighted by atomic mass is 16.1. The van der Waals surface area contributed by atoms with E-state index in [2.05, 4.69) is 27.4 Å². The zero-order valence-electron chi connectivity index (χ0n) is 13.5. The molecule has 0 unspecified atom stereocenters. The number of nitrogens with one attached hydrogen (secondary N) is 2. The van der Waals surface area contributed by atoms with E-state index in [0.29, 0.717) is 12.2 Å². The van der Waals surface area contributed by atoms with E-state index in [-0.39, 0.29) is 5.91 Å².